The highest BCUT2D eigenvalue weighted by Gasteiger charge is 2.23. The van der Waals surface area contributed by atoms with Crippen molar-refractivity contribution in [3.63, 3.8) is 0 Å². The predicted molar refractivity (Wildman–Crippen MR) is 73.3 cm³/mol. The number of esters is 1. The van der Waals surface area contributed by atoms with Gasteiger partial charge in [0.2, 0.25) is 5.91 Å². The first-order valence-electron chi connectivity index (χ1n) is 6.30. The van der Waals surface area contributed by atoms with Gasteiger partial charge in [0.15, 0.2) is 0 Å². The second kappa shape index (κ2) is 9.12. The summed E-state index contributed by atoms with van der Waals surface area (Å²) in [6.07, 6.45) is -0.135. The van der Waals surface area contributed by atoms with Crippen molar-refractivity contribution in [1.29, 1.82) is 0 Å². The Morgan fingerprint density at radius 1 is 1.42 bits per heavy atom. The predicted octanol–water partition coefficient (Wildman–Crippen LogP) is 0.101. The summed E-state index contributed by atoms with van der Waals surface area (Å²) in [4.78, 5) is 23.3. The summed E-state index contributed by atoms with van der Waals surface area (Å²) in [5, 5.41) is 5.77. The number of amides is 1. The van der Waals surface area contributed by atoms with Crippen LogP contribution in [0.1, 0.15) is 20.8 Å². The maximum Gasteiger partial charge on any atom is 0.310 e. The molecule has 0 bridgehead atoms. The molecule has 2 atom stereocenters. The van der Waals surface area contributed by atoms with E-state index in [9.17, 15) is 9.59 Å². The number of hydrogen-bond acceptors (Lipinski definition) is 5. The van der Waals surface area contributed by atoms with Crippen LogP contribution < -0.4 is 10.6 Å². The highest BCUT2D eigenvalue weighted by Crippen LogP contribution is 2.01. The molecular weight excluding hydrogens is 272 g/mol. The molecule has 1 amide bonds. The van der Waals surface area contributed by atoms with Crippen molar-refractivity contribution in [3.05, 3.63) is 0 Å². The summed E-state index contributed by atoms with van der Waals surface area (Å²) >= 11 is 0. The quantitative estimate of drug-likeness (QED) is 0.704. The van der Waals surface area contributed by atoms with Gasteiger partial charge in [-0.25, -0.2) is 0 Å². The van der Waals surface area contributed by atoms with Crippen molar-refractivity contribution >= 4 is 24.3 Å². The molecule has 19 heavy (non-hydrogen) atoms. The van der Waals surface area contributed by atoms with Crippen molar-refractivity contribution in [2.24, 2.45) is 5.92 Å². The van der Waals surface area contributed by atoms with Crippen molar-refractivity contribution in [2.45, 2.75) is 32.9 Å². The number of halogens is 1. The molecule has 0 aromatic heterocycles. The van der Waals surface area contributed by atoms with Crippen LogP contribution in [0.5, 0.6) is 0 Å². The van der Waals surface area contributed by atoms with Crippen molar-refractivity contribution < 1.29 is 19.1 Å². The lowest BCUT2D eigenvalue weighted by Crippen LogP contribution is -2.52. The van der Waals surface area contributed by atoms with Crippen LogP contribution in [0.4, 0.5) is 0 Å². The average molecular weight is 295 g/mol. The van der Waals surface area contributed by atoms with Crippen LogP contribution in [0.3, 0.4) is 0 Å². The Bertz CT molecular complexity index is 293. The molecule has 1 rings (SSSR count). The van der Waals surface area contributed by atoms with E-state index in [1.165, 1.54) is 0 Å². The first kappa shape index (κ1) is 18.1. The van der Waals surface area contributed by atoms with E-state index in [0.717, 1.165) is 0 Å². The van der Waals surface area contributed by atoms with Crippen LogP contribution in [0, 0.1) is 5.92 Å². The fourth-order valence-corrected chi connectivity index (χ4v) is 1.54. The van der Waals surface area contributed by atoms with Gasteiger partial charge in [0.25, 0.3) is 0 Å². The fourth-order valence-electron chi connectivity index (χ4n) is 1.54. The molecule has 0 aliphatic carbocycles. The third-order valence-corrected chi connectivity index (χ3v) is 2.57. The zero-order chi connectivity index (χ0) is 13.5. The first-order chi connectivity index (χ1) is 8.50. The van der Waals surface area contributed by atoms with E-state index in [1.54, 1.807) is 20.8 Å². The van der Waals surface area contributed by atoms with Crippen LogP contribution in [0.15, 0.2) is 0 Å². The topological polar surface area (TPSA) is 76.7 Å². The zero-order valence-corrected chi connectivity index (χ0v) is 12.4. The molecule has 0 aromatic carbocycles. The van der Waals surface area contributed by atoms with Crippen LogP contribution >= 0.6 is 12.4 Å². The van der Waals surface area contributed by atoms with Gasteiger partial charge in [-0.15, -0.1) is 12.4 Å². The van der Waals surface area contributed by atoms with Crippen molar-refractivity contribution in [1.82, 2.24) is 10.6 Å². The molecule has 0 spiro atoms. The van der Waals surface area contributed by atoms with Gasteiger partial charge in [-0.1, -0.05) is 6.92 Å². The minimum absolute atomic E-state index is 0. The summed E-state index contributed by atoms with van der Waals surface area (Å²) < 4.78 is 10.3. The number of carbonyl (C=O) groups excluding carboxylic acids is 2. The van der Waals surface area contributed by atoms with Crippen molar-refractivity contribution in [2.75, 3.05) is 26.3 Å². The smallest absolute Gasteiger partial charge is 0.310 e. The van der Waals surface area contributed by atoms with E-state index in [-0.39, 0.29) is 48.9 Å². The molecule has 1 heterocycles. The Hall–Kier alpha value is -0.850. The normalized spacial score (nSPS) is 20.3. The number of hydrogen-bond donors (Lipinski definition) is 2. The van der Waals surface area contributed by atoms with Gasteiger partial charge >= 0.3 is 5.97 Å². The zero-order valence-electron chi connectivity index (χ0n) is 11.6. The van der Waals surface area contributed by atoms with Gasteiger partial charge in [-0.05, 0) is 13.8 Å². The minimum Gasteiger partial charge on any atom is -0.463 e. The molecule has 112 valence electrons. The third-order valence-electron chi connectivity index (χ3n) is 2.57. The number of nitrogens with one attached hydrogen (secondary N) is 2. The SMILES string of the molecule is CC(C)OC(=O)C(C)CNC(=O)C1COCCN1.Cl. The van der Waals surface area contributed by atoms with Crippen LogP contribution in [-0.4, -0.2) is 50.3 Å². The van der Waals surface area contributed by atoms with Gasteiger partial charge < -0.3 is 20.1 Å². The van der Waals surface area contributed by atoms with E-state index in [0.29, 0.717) is 19.8 Å². The molecule has 0 radical (unpaired) electrons. The lowest BCUT2D eigenvalue weighted by molar-refractivity contribution is -0.151. The third kappa shape index (κ3) is 6.75. The van der Waals surface area contributed by atoms with E-state index in [1.807, 2.05) is 0 Å². The number of morpholine rings is 1. The Morgan fingerprint density at radius 2 is 2.11 bits per heavy atom. The summed E-state index contributed by atoms with van der Waals surface area (Å²) in [7, 11) is 0. The van der Waals surface area contributed by atoms with Gasteiger partial charge in [0.05, 0.1) is 25.2 Å². The second-order valence-electron chi connectivity index (χ2n) is 4.71. The molecule has 0 aromatic rings. The van der Waals surface area contributed by atoms with E-state index in [4.69, 9.17) is 9.47 Å². The molecular formula is C12H23ClN2O4. The summed E-state index contributed by atoms with van der Waals surface area (Å²) in [5.41, 5.74) is 0. The summed E-state index contributed by atoms with van der Waals surface area (Å²) in [6.45, 7) is 7.28. The molecule has 0 saturated carbocycles. The first-order valence-corrected chi connectivity index (χ1v) is 6.30. The molecule has 1 saturated heterocycles. The molecule has 7 heteroatoms. The number of carbonyl (C=O) groups is 2. The van der Waals surface area contributed by atoms with E-state index in [2.05, 4.69) is 10.6 Å². The van der Waals surface area contributed by atoms with E-state index < -0.39 is 0 Å². The van der Waals surface area contributed by atoms with Gasteiger partial charge in [0.1, 0.15) is 6.04 Å². The molecule has 2 unspecified atom stereocenters. The fraction of sp³-hybridized carbons (Fsp3) is 0.833. The molecule has 6 nitrogen and oxygen atoms in total. The maximum atomic E-state index is 11.7. The summed E-state index contributed by atoms with van der Waals surface area (Å²) in [5.74, 6) is -0.780. The van der Waals surface area contributed by atoms with Crippen molar-refractivity contribution in [3.8, 4) is 0 Å². The second-order valence-corrected chi connectivity index (χ2v) is 4.71. The maximum absolute atomic E-state index is 11.7. The summed E-state index contributed by atoms with van der Waals surface area (Å²) in [6, 6.07) is -0.327. The molecule has 1 aliphatic rings. The largest absolute Gasteiger partial charge is 0.463 e. The highest BCUT2D eigenvalue weighted by molar-refractivity contribution is 5.85. The number of ether oxygens (including phenoxy) is 2. The Balaban J connectivity index is 0.00000324. The van der Waals surface area contributed by atoms with Gasteiger partial charge in [0, 0.05) is 13.1 Å². The van der Waals surface area contributed by atoms with Crippen LogP contribution in [-0.2, 0) is 19.1 Å². The minimum atomic E-state index is -0.346. The Morgan fingerprint density at radius 3 is 2.63 bits per heavy atom. The number of rotatable bonds is 5. The lowest BCUT2D eigenvalue weighted by Gasteiger charge is -2.23. The average Bonchev–Trinajstić information content (AvgIpc) is 2.35. The van der Waals surface area contributed by atoms with Gasteiger partial charge in [-0.2, -0.15) is 0 Å². The molecule has 2 N–H and O–H groups in total. The van der Waals surface area contributed by atoms with Crippen LogP contribution in [0.25, 0.3) is 0 Å². The van der Waals surface area contributed by atoms with Crippen LogP contribution in [0.2, 0.25) is 0 Å². The Labute approximate surface area is 120 Å². The van der Waals surface area contributed by atoms with Gasteiger partial charge in [-0.3, -0.25) is 9.59 Å². The highest BCUT2D eigenvalue weighted by atomic mass is 35.5. The molecule has 1 fully saturated rings. The van der Waals surface area contributed by atoms with E-state index >= 15 is 0 Å². The monoisotopic (exact) mass is 294 g/mol. The lowest BCUT2D eigenvalue weighted by atomic mass is 10.1. The standard InChI is InChI=1S/C12H22N2O4.ClH/c1-8(2)18-12(16)9(3)6-14-11(15)10-7-17-5-4-13-10;/h8-10,13H,4-7H2,1-3H3,(H,14,15);1H. The molecule has 1 aliphatic heterocycles. The Kier molecular flexibility index (Phi) is 8.71.